The summed E-state index contributed by atoms with van der Waals surface area (Å²) >= 11 is 0. The Morgan fingerprint density at radius 2 is 1.78 bits per heavy atom. The highest BCUT2D eigenvalue weighted by molar-refractivity contribution is 5.33. The third kappa shape index (κ3) is 4.79. The van der Waals surface area contributed by atoms with Gasteiger partial charge in [-0.2, -0.15) is 0 Å². The van der Waals surface area contributed by atoms with Crippen LogP contribution in [0.4, 0.5) is 0 Å². The molecule has 0 aromatic heterocycles. The molecule has 1 unspecified atom stereocenters. The molecule has 2 heteroatoms. The van der Waals surface area contributed by atoms with Gasteiger partial charge in [0.2, 0.25) is 0 Å². The first-order valence-electron chi connectivity index (χ1n) is 6.80. The van der Waals surface area contributed by atoms with Crippen LogP contribution in [0.1, 0.15) is 43.9 Å². The van der Waals surface area contributed by atoms with E-state index in [-0.39, 0.29) is 0 Å². The maximum Gasteiger partial charge on any atom is 0.0746 e. The van der Waals surface area contributed by atoms with Crippen LogP contribution in [-0.2, 0) is 6.54 Å². The van der Waals surface area contributed by atoms with Gasteiger partial charge in [-0.25, -0.2) is 0 Å². The van der Waals surface area contributed by atoms with E-state index in [1.807, 2.05) is 6.92 Å². The Morgan fingerprint density at radius 3 is 2.28 bits per heavy atom. The third-order valence-corrected chi connectivity index (χ3v) is 3.30. The summed E-state index contributed by atoms with van der Waals surface area (Å²) in [6, 6.07) is 6.36. The summed E-state index contributed by atoms with van der Waals surface area (Å²) in [6.45, 7) is 11.9. The van der Waals surface area contributed by atoms with Crippen molar-refractivity contribution in [1.29, 1.82) is 0 Å². The van der Waals surface area contributed by atoms with E-state index in [0.29, 0.717) is 12.5 Å². The minimum Gasteiger partial charge on any atom is -0.389 e. The van der Waals surface area contributed by atoms with Gasteiger partial charge < -0.3 is 10.4 Å². The number of benzene rings is 1. The summed E-state index contributed by atoms with van der Waals surface area (Å²) in [7, 11) is 0. The van der Waals surface area contributed by atoms with Gasteiger partial charge in [0, 0.05) is 13.1 Å². The number of hydrogen-bond acceptors (Lipinski definition) is 2. The Labute approximate surface area is 111 Å². The number of nitrogens with one attached hydrogen (secondary N) is 1. The molecule has 0 saturated heterocycles. The minimum absolute atomic E-state index is 0.516. The SMILES string of the molecule is Cc1cccc(C)c1CNCC(C)(O)CC(C)C. The van der Waals surface area contributed by atoms with Crippen LogP contribution in [0, 0.1) is 19.8 Å². The number of rotatable bonds is 6. The standard InChI is InChI=1S/C16H27NO/c1-12(2)9-16(5,18)11-17-10-15-13(3)7-6-8-14(15)4/h6-8,12,17-18H,9-11H2,1-5H3. The lowest BCUT2D eigenvalue weighted by Crippen LogP contribution is -2.38. The second-order valence-corrected chi connectivity index (χ2v) is 6.07. The van der Waals surface area contributed by atoms with Crippen molar-refractivity contribution in [3.63, 3.8) is 0 Å². The van der Waals surface area contributed by atoms with Crippen molar-refractivity contribution in [2.45, 2.75) is 53.2 Å². The molecule has 0 amide bonds. The second-order valence-electron chi connectivity index (χ2n) is 6.07. The molecule has 0 saturated carbocycles. The Kier molecular flexibility index (Phi) is 5.36. The summed E-state index contributed by atoms with van der Waals surface area (Å²) in [6.07, 6.45) is 0.826. The third-order valence-electron chi connectivity index (χ3n) is 3.30. The zero-order chi connectivity index (χ0) is 13.8. The van der Waals surface area contributed by atoms with Crippen LogP contribution in [0.5, 0.6) is 0 Å². The van der Waals surface area contributed by atoms with Gasteiger partial charge in [0.1, 0.15) is 0 Å². The van der Waals surface area contributed by atoms with Gasteiger partial charge in [0.25, 0.3) is 0 Å². The quantitative estimate of drug-likeness (QED) is 0.811. The fourth-order valence-corrected chi connectivity index (χ4v) is 2.54. The van der Waals surface area contributed by atoms with Crippen LogP contribution in [-0.4, -0.2) is 17.3 Å². The van der Waals surface area contributed by atoms with Crippen LogP contribution in [0.25, 0.3) is 0 Å². The maximum absolute atomic E-state index is 10.2. The molecule has 1 aromatic carbocycles. The molecule has 0 spiro atoms. The summed E-state index contributed by atoms with van der Waals surface area (Å²) < 4.78 is 0. The molecule has 0 heterocycles. The zero-order valence-electron chi connectivity index (χ0n) is 12.4. The van der Waals surface area contributed by atoms with Crippen molar-refractivity contribution in [2.75, 3.05) is 6.54 Å². The van der Waals surface area contributed by atoms with E-state index in [0.717, 1.165) is 13.0 Å². The van der Waals surface area contributed by atoms with Crippen molar-refractivity contribution in [2.24, 2.45) is 5.92 Å². The Hall–Kier alpha value is -0.860. The lowest BCUT2D eigenvalue weighted by Gasteiger charge is -2.26. The fourth-order valence-electron chi connectivity index (χ4n) is 2.54. The van der Waals surface area contributed by atoms with Crippen LogP contribution in [0.15, 0.2) is 18.2 Å². The lowest BCUT2D eigenvalue weighted by atomic mass is 9.94. The lowest BCUT2D eigenvalue weighted by molar-refractivity contribution is 0.0383. The molecule has 1 atom stereocenters. The Balaban J connectivity index is 2.51. The first-order chi connectivity index (χ1) is 8.32. The highest BCUT2D eigenvalue weighted by Crippen LogP contribution is 2.16. The molecule has 1 rings (SSSR count). The van der Waals surface area contributed by atoms with Crippen LogP contribution < -0.4 is 5.32 Å². The molecule has 102 valence electrons. The summed E-state index contributed by atoms with van der Waals surface area (Å²) in [5.41, 5.74) is 3.35. The molecule has 0 aliphatic heterocycles. The fraction of sp³-hybridized carbons (Fsp3) is 0.625. The molecule has 1 aromatic rings. The van der Waals surface area contributed by atoms with Gasteiger partial charge in [-0.05, 0) is 49.8 Å². The first kappa shape index (κ1) is 15.2. The smallest absolute Gasteiger partial charge is 0.0746 e. The van der Waals surface area contributed by atoms with Gasteiger partial charge in [-0.3, -0.25) is 0 Å². The second kappa shape index (κ2) is 6.35. The van der Waals surface area contributed by atoms with E-state index < -0.39 is 5.60 Å². The molecule has 0 radical (unpaired) electrons. The van der Waals surface area contributed by atoms with Gasteiger partial charge in [-0.15, -0.1) is 0 Å². The summed E-state index contributed by atoms with van der Waals surface area (Å²) in [5.74, 6) is 0.516. The molecular formula is C16H27NO. The zero-order valence-corrected chi connectivity index (χ0v) is 12.4. The largest absolute Gasteiger partial charge is 0.389 e. The minimum atomic E-state index is -0.620. The van der Waals surface area contributed by atoms with E-state index in [1.54, 1.807) is 0 Å². The van der Waals surface area contributed by atoms with Crippen molar-refractivity contribution in [3.8, 4) is 0 Å². The molecule has 2 nitrogen and oxygen atoms in total. The molecule has 0 fully saturated rings. The van der Waals surface area contributed by atoms with Crippen molar-refractivity contribution in [1.82, 2.24) is 5.32 Å². The summed E-state index contributed by atoms with van der Waals surface area (Å²) in [4.78, 5) is 0. The van der Waals surface area contributed by atoms with Crippen molar-refractivity contribution >= 4 is 0 Å². The topological polar surface area (TPSA) is 32.3 Å². The molecule has 0 aliphatic carbocycles. The Bertz CT molecular complexity index is 362. The monoisotopic (exact) mass is 249 g/mol. The van der Waals surface area contributed by atoms with Gasteiger partial charge in [0.05, 0.1) is 5.60 Å². The van der Waals surface area contributed by atoms with Crippen LogP contribution in [0.2, 0.25) is 0 Å². The molecule has 2 N–H and O–H groups in total. The van der Waals surface area contributed by atoms with E-state index in [9.17, 15) is 5.11 Å². The predicted octanol–water partition coefficient (Wildman–Crippen LogP) is 3.19. The average molecular weight is 249 g/mol. The summed E-state index contributed by atoms with van der Waals surface area (Å²) in [5, 5.41) is 13.6. The van der Waals surface area contributed by atoms with E-state index in [4.69, 9.17) is 0 Å². The maximum atomic E-state index is 10.2. The van der Waals surface area contributed by atoms with Crippen molar-refractivity contribution in [3.05, 3.63) is 34.9 Å². The highest BCUT2D eigenvalue weighted by Gasteiger charge is 2.21. The van der Waals surface area contributed by atoms with E-state index in [1.165, 1.54) is 16.7 Å². The molecular weight excluding hydrogens is 222 g/mol. The predicted molar refractivity (Wildman–Crippen MR) is 77.7 cm³/mol. The number of aliphatic hydroxyl groups is 1. The highest BCUT2D eigenvalue weighted by atomic mass is 16.3. The molecule has 0 aliphatic rings. The number of hydrogen-bond donors (Lipinski definition) is 2. The van der Waals surface area contributed by atoms with E-state index in [2.05, 4.69) is 51.2 Å². The normalized spacial score (nSPS) is 14.8. The van der Waals surface area contributed by atoms with Crippen LogP contribution in [0.3, 0.4) is 0 Å². The van der Waals surface area contributed by atoms with Crippen LogP contribution >= 0.6 is 0 Å². The van der Waals surface area contributed by atoms with Gasteiger partial charge in [0.15, 0.2) is 0 Å². The first-order valence-corrected chi connectivity index (χ1v) is 6.80. The van der Waals surface area contributed by atoms with Gasteiger partial charge in [-0.1, -0.05) is 32.0 Å². The van der Waals surface area contributed by atoms with Gasteiger partial charge >= 0.3 is 0 Å². The molecule has 18 heavy (non-hydrogen) atoms. The Morgan fingerprint density at radius 1 is 1.22 bits per heavy atom. The molecule has 0 bridgehead atoms. The number of aryl methyl sites for hydroxylation is 2. The van der Waals surface area contributed by atoms with Crippen molar-refractivity contribution < 1.29 is 5.11 Å². The average Bonchev–Trinajstić information content (AvgIpc) is 2.20. The van der Waals surface area contributed by atoms with E-state index >= 15 is 0 Å².